The summed E-state index contributed by atoms with van der Waals surface area (Å²) in [5.74, 6) is 0. The molecule has 3 nitrogen and oxygen atoms in total. The number of carbonyl (C=O) groups excluding carboxylic acids is 1. The number of nitrogens with one attached hydrogen (secondary N) is 1. The van der Waals surface area contributed by atoms with Gasteiger partial charge in [-0.2, -0.15) is 0 Å². The Morgan fingerprint density at radius 2 is 2.60 bits per heavy atom. The Kier molecular flexibility index (Phi) is 2.43. The van der Waals surface area contributed by atoms with Crippen molar-refractivity contribution in [2.45, 2.75) is 6.54 Å². The highest BCUT2D eigenvalue weighted by molar-refractivity contribution is 5.47. The number of hydrogen-bond donors (Lipinski definition) is 1. The molecule has 1 aromatic rings. The standard InChI is InChI=1S/C7H7N2O/c10-6-9-5-7-2-1-3-8-4-7/h1-4H,5H2,(H,9,10). The largest absolute Gasteiger partial charge is 0.344 e. The third-order valence-electron chi connectivity index (χ3n) is 1.09. The first-order chi connectivity index (χ1) is 4.93. The van der Waals surface area contributed by atoms with Gasteiger partial charge >= 0.3 is 6.41 Å². The molecule has 1 amide bonds. The van der Waals surface area contributed by atoms with Gasteiger partial charge in [0, 0.05) is 18.9 Å². The van der Waals surface area contributed by atoms with E-state index in [-0.39, 0.29) is 0 Å². The van der Waals surface area contributed by atoms with Crippen LogP contribution in [0.1, 0.15) is 5.56 Å². The van der Waals surface area contributed by atoms with Crippen LogP contribution in [-0.2, 0) is 11.3 Å². The monoisotopic (exact) mass is 135 g/mol. The van der Waals surface area contributed by atoms with E-state index in [1.165, 1.54) is 0 Å². The van der Waals surface area contributed by atoms with Gasteiger partial charge in [0.15, 0.2) is 0 Å². The first-order valence-electron chi connectivity index (χ1n) is 2.92. The second-order valence-corrected chi connectivity index (χ2v) is 1.82. The van der Waals surface area contributed by atoms with Crippen molar-refractivity contribution in [3.05, 3.63) is 30.1 Å². The lowest BCUT2D eigenvalue weighted by atomic mass is 10.3. The number of rotatable bonds is 3. The maximum atomic E-state index is 9.72. The SMILES string of the molecule is O=[C]NCc1cccnc1. The number of nitrogens with zero attached hydrogens (tertiary/aromatic N) is 1. The molecule has 0 saturated carbocycles. The maximum absolute atomic E-state index is 9.72. The van der Waals surface area contributed by atoms with Crippen LogP contribution in [0.25, 0.3) is 0 Å². The molecule has 3 heteroatoms. The van der Waals surface area contributed by atoms with Gasteiger partial charge in [-0.3, -0.25) is 9.78 Å². The number of hydrogen-bond acceptors (Lipinski definition) is 2. The van der Waals surface area contributed by atoms with Crippen LogP contribution in [0, 0.1) is 0 Å². The van der Waals surface area contributed by atoms with E-state index in [1.54, 1.807) is 18.8 Å². The van der Waals surface area contributed by atoms with E-state index in [0.29, 0.717) is 6.54 Å². The van der Waals surface area contributed by atoms with E-state index < -0.39 is 0 Å². The molecule has 0 aliphatic heterocycles. The molecule has 1 heterocycles. The van der Waals surface area contributed by atoms with E-state index in [0.717, 1.165) is 5.56 Å². The van der Waals surface area contributed by atoms with Crippen LogP contribution < -0.4 is 5.32 Å². The second-order valence-electron chi connectivity index (χ2n) is 1.82. The van der Waals surface area contributed by atoms with Gasteiger partial charge in [-0.15, -0.1) is 0 Å². The number of pyridine rings is 1. The zero-order valence-electron chi connectivity index (χ0n) is 5.37. The van der Waals surface area contributed by atoms with Crippen LogP contribution >= 0.6 is 0 Å². The fraction of sp³-hybridized carbons (Fsp3) is 0.143. The molecular formula is C7H7N2O. The van der Waals surface area contributed by atoms with Crippen molar-refractivity contribution in [1.82, 2.24) is 10.3 Å². The summed E-state index contributed by atoms with van der Waals surface area (Å²) >= 11 is 0. The van der Waals surface area contributed by atoms with Gasteiger partial charge in [-0.05, 0) is 11.6 Å². The summed E-state index contributed by atoms with van der Waals surface area (Å²) in [6.45, 7) is 0.497. The van der Waals surface area contributed by atoms with Crippen LogP contribution in [0.15, 0.2) is 24.5 Å². The summed E-state index contributed by atoms with van der Waals surface area (Å²) in [4.78, 5) is 13.6. The molecule has 0 aliphatic rings. The molecule has 1 rings (SSSR count). The summed E-state index contributed by atoms with van der Waals surface area (Å²) in [5, 5.41) is 2.42. The molecular weight excluding hydrogens is 128 g/mol. The van der Waals surface area contributed by atoms with E-state index in [2.05, 4.69) is 10.3 Å². The minimum absolute atomic E-state index is 0.497. The van der Waals surface area contributed by atoms with E-state index in [4.69, 9.17) is 0 Å². The van der Waals surface area contributed by atoms with E-state index in [9.17, 15) is 4.79 Å². The Hall–Kier alpha value is -1.38. The lowest BCUT2D eigenvalue weighted by Crippen LogP contribution is -2.09. The minimum atomic E-state index is 0.497. The first kappa shape index (κ1) is 6.74. The zero-order chi connectivity index (χ0) is 7.23. The molecule has 1 aromatic heterocycles. The number of aromatic nitrogens is 1. The lowest BCUT2D eigenvalue weighted by molar-refractivity contribution is 0.542. The molecule has 0 spiro atoms. The van der Waals surface area contributed by atoms with Crippen molar-refractivity contribution in [3.8, 4) is 0 Å². The highest BCUT2D eigenvalue weighted by Gasteiger charge is 1.87. The van der Waals surface area contributed by atoms with Gasteiger partial charge in [-0.25, -0.2) is 0 Å². The van der Waals surface area contributed by atoms with Gasteiger partial charge in [-0.1, -0.05) is 6.07 Å². The Morgan fingerprint density at radius 3 is 3.20 bits per heavy atom. The van der Waals surface area contributed by atoms with Crippen LogP contribution in [0.5, 0.6) is 0 Å². The summed E-state index contributed by atoms with van der Waals surface area (Å²) in [6, 6.07) is 3.71. The molecule has 0 unspecified atom stereocenters. The average Bonchev–Trinajstić information content (AvgIpc) is 2.03. The van der Waals surface area contributed by atoms with E-state index >= 15 is 0 Å². The van der Waals surface area contributed by atoms with Crippen molar-refractivity contribution in [2.24, 2.45) is 0 Å². The van der Waals surface area contributed by atoms with Crippen LogP contribution in [-0.4, -0.2) is 11.4 Å². The van der Waals surface area contributed by atoms with Crippen LogP contribution in [0.4, 0.5) is 0 Å². The third kappa shape index (κ3) is 1.85. The smallest absolute Gasteiger partial charge is 0.309 e. The molecule has 0 fully saturated rings. The van der Waals surface area contributed by atoms with Crippen LogP contribution in [0.2, 0.25) is 0 Å². The maximum Gasteiger partial charge on any atom is 0.309 e. The topological polar surface area (TPSA) is 42.0 Å². The predicted octanol–water partition coefficient (Wildman–Crippen LogP) is 0.238. The fourth-order valence-electron chi connectivity index (χ4n) is 0.641. The van der Waals surface area contributed by atoms with Gasteiger partial charge < -0.3 is 5.32 Å². The van der Waals surface area contributed by atoms with Crippen LogP contribution in [0.3, 0.4) is 0 Å². The van der Waals surface area contributed by atoms with Crippen molar-refractivity contribution in [2.75, 3.05) is 0 Å². The molecule has 0 aromatic carbocycles. The minimum Gasteiger partial charge on any atom is -0.344 e. The average molecular weight is 135 g/mol. The normalized spacial score (nSPS) is 8.80. The first-order valence-corrected chi connectivity index (χ1v) is 2.92. The predicted molar refractivity (Wildman–Crippen MR) is 36.8 cm³/mol. The molecule has 0 atom stereocenters. The summed E-state index contributed by atoms with van der Waals surface area (Å²) in [7, 11) is 0. The van der Waals surface area contributed by atoms with Crippen molar-refractivity contribution < 1.29 is 4.79 Å². The molecule has 0 bridgehead atoms. The molecule has 1 N–H and O–H groups in total. The third-order valence-corrected chi connectivity index (χ3v) is 1.09. The second kappa shape index (κ2) is 3.61. The molecule has 0 aliphatic carbocycles. The highest BCUT2D eigenvalue weighted by atomic mass is 16.1. The molecule has 10 heavy (non-hydrogen) atoms. The molecule has 51 valence electrons. The van der Waals surface area contributed by atoms with Crippen molar-refractivity contribution >= 4 is 6.41 Å². The molecule has 1 radical (unpaired) electrons. The fourth-order valence-corrected chi connectivity index (χ4v) is 0.641. The quantitative estimate of drug-likeness (QED) is 0.603. The summed E-state index contributed by atoms with van der Waals surface area (Å²) < 4.78 is 0. The van der Waals surface area contributed by atoms with Gasteiger partial charge in [0.2, 0.25) is 0 Å². The van der Waals surface area contributed by atoms with Gasteiger partial charge in [0.25, 0.3) is 0 Å². The van der Waals surface area contributed by atoms with Gasteiger partial charge in [0.05, 0.1) is 0 Å². The lowest BCUT2D eigenvalue weighted by Gasteiger charge is -1.94. The van der Waals surface area contributed by atoms with Crippen molar-refractivity contribution in [3.63, 3.8) is 0 Å². The Balaban J connectivity index is 2.50. The number of amides is 1. The highest BCUT2D eigenvalue weighted by Crippen LogP contribution is 1.92. The Bertz CT molecular complexity index is 198. The Labute approximate surface area is 59.1 Å². The Morgan fingerprint density at radius 1 is 1.70 bits per heavy atom. The summed E-state index contributed by atoms with van der Waals surface area (Å²) in [6.07, 6.45) is 4.98. The van der Waals surface area contributed by atoms with Crippen molar-refractivity contribution in [1.29, 1.82) is 0 Å². The molecule has 0 saturated heterocycles. The summed E-state index contributed by atoms with van der Waals surface area (Å²) in [5.41, 5.74) is 0.978. The zero-order valence-corrected chi connectivity index (χ0v) is 5.37. The van der Waals surface area contributed by atoms with E-state index in [1.807, 2.05) is 12.1 Å². The van der Waals surface area contributed by atoms with Gasteiger partial charge in [0.1, 0.15) is 0 Å².